The molecule has 0 aliphatic carbocycles. The van der Waals surface area contributed by atoms with Crippen LogP contribution in [0.4, 0.5) is 0 Å². The molecule has 0 radical (unpaired) electrons. The molecular weight excluding hydrogens is 338 g/mol. The zero-order valence-electron chi connectivity index (χ0n) is 12.7. The van der Waals surface area contributed by atoms with Crippen LogP contribution < -0.4 is 19.5 Å². The molecule has 1 rings (SSSR count). The van der Waals surface area contributed by atoms with Gasteiger partial charge in [-0.05, 0) is 48.8 Å². The van der Waals surface area contributed by atoms with Crippen LogP contribution >= 0.6 is 15.9 Å². The van der Waals surface area contributed by atoms with E-state index in [1.54, 1.807) is 0 Å². The molecule has 0 aliphatic heterocycles. The van der Waals surface area contributed by atoms with Gasteiger partial charge in [0.05, 0.1) is 30.1 Å². The molecule has 21 heavy (non-hydrogen) atoms. The summed E-state index contributed by atoms with van der Waals surface area (Å²) in [7, 11) is 0. The molecule has 0 amide bonds. The Labute approximate surface area is 134 Å². The second kappa shape index (κ2) is 8.89. The fraction of sp³-hybridized carbons (Fsp3) is 0.533. The molecule has 0 saturated heterocycles. The van der Waals surface area contributed by atoms with Gasteiger partial charge >= 0.3 is 0 Å². The predicted molar refractivity (Wildman–Crippen MR) is 82.0 cm³/mol. The Bertz CT molecular complexity index is 475. The molecule has 118 valence electrons. The van der Waals surface area contributed by atoms with Crippen molar-refractivity contribution >= 4 is 21.9 Å². The highest BCUT2D eigenvalue weighted by molar-refractivity contribution is 9.10. The van der Waals surface area contributed by atoms with Crippen LogP contribution in [0.3, 0.4) is 0 Å². The number of carbonyl (C=O) groups is 1. The molecule has 0 saturated carbocycles. The number of hydrogen-bond donors (Lipinski definition) is 1. The highest BCUT2D eigenvalue weighted by Gasteiger charge is 2.13. The van der Waals surface area contributed by atoms with Crippen LogP contribution in [-0.4, -0.2) is 38.8 Å². The lowest BCUT2D eigenvalue weighted by Crippen LogP contribution is -3.12. The van der Waals surface area contributed by atoms with E-state index in [-0.39, 0.29) is 5.56 Å². The third-order valence-corrected chi connectivity index (χ3v) is 3.84. The zero-order valence-corrected chi connectivity index (χ0v) is 14.3. The van der Waals surface area contributed by atoms with Gasteiger partial charge in [0.25, 0.3) is 0 Å². The third-order valence-electron chi connectivity index (χ3n) is 3.25. The van der Waals surface area contributed by atoms with Crippen molar-refractivity contribution < 1.29 is 24.3 Å². The monoisotopic (exact) mass is 359 g/mol. The number of benzene rings is 1. The first-order chi connectivity index (χ1) is 10.0. The predicted octanol–water partition coefficient (Wildman–Crippen LogP) is 0.515. The van der Waals surface area contributed by atoms with E-state index >= 15 is 0 Å². The largest absolute Gasteiger partial charge is 0.545 e. The van der Waals surface area contributed by atoms with E-state index in [2.05, 4.69) is 29.8 Å². The van der Waals surface area contributed by atoms with Crippen molar-refractivity contribution in [3.05, 3.63) is 22.2 Å². The molecule has 0 heterocycles. The third kappa shape index (κ3) is 5.21. The number of rotatable bonds is 9. The first-order valence-corrected chi connectivity index (χ1v) is 7.96. The maximum absolute atomic E-state index is 11.0. The van der Waals surface area contributed by atoms with Crippen LogP contribution in [0.2, 0.25) is 0 Å². The summed E-state index contributed by atoms with van der Waals surface area (Å²) in [5, 5.41) is 11.0. The van der Waals surface area contributed by atoms with Gasteiger partial charge in [0.15, 0.2) is 11.5 Å². The van der Waals surface area contributed by atoms with E-state index in [1.807, 2.05) is 6.92 Å². The zero-order chi connectivity index (χ0) is 15.8. The van der Waals surface area contributed by atoms with Gasteiger partial charge < -0.3 is 24.3 Å². The van der Waals surface area contributed by atoms with Gasteiger partial charge in [-0.15, -0.1) is 0 Å². The van der Waals surface area contributed by atoms with Gasteiger partial charge in [0, 0.05) is 5.56 Å². The van der Waals surface area contributed by atoms with E-state index < -0.39 is 5.97 Å². The number of nitrogens with one attached hydrogen (secondary N) is 1. The number of hydrogen-bond acceptors (Lipinski definition) is 4. The molecule has 0 unspecified atom stereocenters. The fourth-order valence-corrected chi connectivity index (χ4v) is 2.55. The number of halogens is 1. The van der Waals surface area contributed by atoms with E-state index in [9.17, 15) is 9.90 Å². The van der Waals surface area contributed by atoms with Crippen molar-refractivity contribution in [3.8, 4) is 11.5 Å². The van der Waals surface area contributed by atoms with Gasteiger partial charge in [0.1, 0.15) is 13.2 Å². The van der Waals surface area contributed by atoms with Gasteiger partial charge in [-0.2, -0.15) is 0 Å². The number of likely N-dealkylation sites (N-methyl/N-ethyl adjacent to an activating group) is 1. The maximum atomic E-state index is 11.0. The lowest BCUT2D eigenvalue weighted by Gasteiger charge is -2.18. The van der Waals surface area contributed by atoms with Crippen LogP contribution in [0, 0.1) is 0 Å². The lowest BCUT2D eigenvalue weighted by atomic mass is 10.2. The van der Waals surface area contributed by atoms with Gasteiger partial charge in [0.2, 0.25) is 0 Å². The number of carbonyl (C=O) groups excluding carboxylic acids is 1. The minimum atomic E-state index is -1.24. The Morgan fingerprint density at radius 1 is 1.24 bits per heavy atom. The summed E-state index contributed by atoms with van der Waals surface area (Å²) in [4.78, 5) is 12.4. The Hall–Kier alpha value is -1.27. The van der Waals surface area contributed by atoms with Crippen LogP contribution in [0.5, 0.6) is 11.5 Å². The van der Waals surface area contributed by atoms with Crippen molar-refractivity contribution in [1.29, 1.82) is 0 Å². The first kappa shape index (κ1) is 17.8. The average molecular weight is 360 g/mol. The number of ether oxygens (including phenoxy) is 2. The molecule has 0 atom stereocenters. The normalized spacial score (nSPS) is 10.7. The van der Waals surface area contributed by atoms with E-state index in [1.165, 1.54) is 17.0 Å². The number of carboxylic acid groups (broad SMARTS) is 1. The van der Waals surface area contributed by atoms with Crippen LogP contribution in [0.15, 0.2) is 16.6 Å². The fourth-order valence-electron chi connectivity index (χ4n) is 1.99. The molecule has 0 aromatic heterocycles. The van der Waals surface area contributed by atoms with Crippen molar-refractivity contribution in [2.75, 3.05) is 32.8 Å². The van der Waals surface area contributed by atoms with E-state index in [0.717, 1.165) is 19.6 Å². The van der Waals surface area contributed by atoms with Crippen molar-refractivity contribution in [2.45, 2.75) is 20.8 Å². The summed E-state index contributed by atoms with van der Waals surface area (Å²) in [6, 6.07) is 2.90. The Balaban J connectivity index is 2.87. The van der Waals surface area contributed by atoms with Gasteiger partial charge in [-0.3, -0.25) is 0 Å². The first-order valence-electron chi connectivity index (χ1n) is 7.17. The molecule has 1 aromatic carbocycles. The number of carboxylic acids is 1. The molecule has 1 N–H and O–H groups in total. The lowest BCUT2D eigenvalue weighted by molar-refractivity contribution is -0.896. The summed E-state index contributed by atoms with van der Waals surface area (Å²) >= 11 is 3.33. The highest BCUT2D eigenvalue weighted by Crippen LogP contribution is 2.36. The molecule has 0 spiro atoms. The van der Waals surface area contributed by atoms with Crippen LogP contribution in [0.25, 0.3) is 0 Å². The Kier molecular flexibility index (Phi) is 7.53. The van der Waals surface area contributed by atoms with Crippen molar-refractivity contribution in [1.82, 2.24) is 0 Å². The van der Waals surface area contributed by atoms with Crippen LogP contribution in [-0.2, 0) is 0 Å². The SMILES string of the molecule is CCOc1cc(C(=O)[O-])cc(Br)c1OCC[NH+](CC)CC. The van der Waals surface area contributed by atoms with Gasteiger partial charge in [-0.25, -0.2) is 0 Å². The van der Waals surface area contributed by atoms with E-state index in [0.29, 0.717) is 29.2 Å². The second-order valence-electron chi connectivity index (χ2n) is 4.56. The van der Waals surface area contributed by atoms with Crippen molar-refractivity contribution in [3.63, 3.8) is 0 Å². The summed E-state index contributed by atoms with van der Waals surface area (Å²) in [5.41, 5.74) is 0.0621. The molecule has 5 nitrogen and oxygen atoms in total. The summed E-state index contributed by atoms with van der Waals surface area (Å²) in [6.45, 7) is 10.0. The molecule has 0 bridgehead atoms. The summed E-state index contributed by atoms with van der Waals surface area (Å²) < 4.78 is 11.8. The average Bonchev–Trinajstić information content (AvgIpc) is 2.45. The minimum absolute atomic E-state index is 0.0621. The standard InChI is InChI=1S/C15H22BrNO4/c1-4-17(5-2)7-8-21-14-12(16)9-11(15(18)19)10-13(14)20-6-3/h9-10H,4-8H2,1-3H3,(H,18,19). The molecule has 1 aromatic rings. The smallest absolute Gasteiger partial charge is 0.175 e. The van der Waals surface area contributed by atoms with Crippen LogP contribution in [0.1, 0.15) is 31.1 Å². The van der Waals surface area contributed by atoms with Gasteiger partial charge in [-0.1, -0.05) is 0 Å². The topological polar surface area (TPSA) is 63.0 Å². The maximum Gasteiger partial charge on any atom is 0.175 e. The quantitative estimate of drug-likeness (QED) is 0.697. The highest BCUT2D eigenvalue weighted by atomic mass is 79.9. The summed E-state index contributed by atoms with van der Waals surface area (Å²) in [6.07, 6.45) is 0. The van der Waals surface area contributed by atoms with E-state index in [4.69, 9.17) is 9.47 Å². The second-order valence-corrected chi connectivity index (χ2v) is 5.42. The molecule has 6 heteroatoms. The Morgan fingerprint density at radius 2 is 1.90 bits per heavy atom. The number of quaternary nitrogens is 1. The van der Waals surface area contributed by atoms with Crippen molar-refractivity contribution in [2.24, 2.45) is 0 Å². The Morgan fingerprint density at radius 3 is 2.43 bits per heavy atom. The minimum Gasteiger partial charge on any atom is -0.545 e. The summed E-state index contributed by atoms with van der Waals surface area (Å²) in [5.74, 6) is -0.287. The molecular formula is C15H22BrNO4. The number of aromatic carboxylic acids is 1. The molecule has 0 fully saturated rings. The molecule has 0 aliphatic rings.